The van der Waals surface area contributed by atoms with Crippen molar-refractivity contribution in [1.29, 1.82) is 0 Å². The summed E-state index contributed by atoms with van der Waals surface area (Å²) in [6.07, 6.45) is 0. The number of hydrogen-bond donors (Lipinski definition) is 1. The van der Waals surface area contributed by atoms with Crippen molar-refractivity contribution in [1.82, 2.24) is 4.31 Å². The number of thiol groups is 1. The van der Waals surface area contributed by atoms with Gasteiger partial charge in [0.2, 0.25) is 10.9 Å². The van der Waals surface area contributed by atoms with E-state index in [1.807, 2.05) is 0 Å². The lowest BCUT2D eigenvalue weighted by molar-refractivity contribution is 0.544. The second kappa shape index (κ2) is 2.15. The Kier molecular flexibility index (Phi) is 2.12. The summed E-state index contributed by atoms with van der Waals surface area (Å²) in [6, 6.07) is 0. The molecule has 0 aliphatic heterocycles. The third-order valence-electron chi connectivity index (χ3n) is 0.327. The van der Waals surface area contributed by atoms with Gasteiger partial charge >= 0.3 is 0 Å². The minimum atomic E-state index is -2.33. The molecular formula is C2H7NO2S. The van der Waals surface area contributed by atoms with Gasteiger partial charge < -0.3 is 0 Å². The molecule has 0 bridgehead atoms. The average molecular weight is 109 g/mol. The molecule has 4 heteroatoms. The van der Waals surface area contributed by atoms with Crippen LogP contribution in [0.5, 0.6) is 0 Å². The molecule has 0 heterocycles. The van der Waals surface area contributed by atoms with Gasteiger partial charge in [0.1, 0.15) is 0 Å². The highest BCUT2D eigenvalue weighted by atomic mass is 32.2. The number of rotatable bonds is 1. The quantitative estimate of drug-likeness (QED) is 0.442. The highest BCUT2D eigenvalue weighted by Crippen LogP contribution is 1.64. The van der Waals surface area contributed by atoms with Crippen molar-refractivity contribution in [3.05, 3.63) is 0 Å². The van der Waals surface area contributed by atoms with E-state index in [0.717, 1.165) is 4.31 Å². The van der Waals surface area contributed by atoms with Crippen LogP contribution in [0.15, 0.2) is 0 Å². The Morgan fingerprint density at radius 1 is 1.33 bits per heavy atom. The topological polar surface area (TPSA) is 37.4 Å². The molecule has 0 N–H and O–H groups in total. The second-order valence-corrected chi connectivity index (χ2v) is 2.36. The lowest BCUT2D eigenvalue weighted by atomic mass is 11.3. The SMILES string of the molecule is CN(C)[SH](=O)=O. The van der Waals surface area contributed by atoms with Gasteiger partial charge in [-0.2, -0.15) is 0 Å². The van der Waals surface area contributed by atoms with E-state index in [1.54, 1.807) is 0 Å². The Bertz CT molecular complexity index is 87.7. The maximum Gasteiger partial charge on any atom is 0.203 e. The van der Waals surface area contributed by atoms with E-state index in [0.29, 0.717) is 0 Å². The predicted molar refractivity (Wildman–Crippen MR) is 24.0 cm³/mol. The molecule has 0 radical (unpaired) electrons. The fraction of sp³-hybridized carbons (Fsp3) is 1.00. The molecular weight excluding hydrogens is 102 g/mol. The number of nitrogens with zero attached hydrogens (tertiary/aromatic N) is 1. The molecule has 0 aliphatic rings. The summed E-state index contributed by atoms with van der Waals surface area (Å²) in [6.45, 7) is 0. The molecule has 0 amide bonds. The van der Waals surface area contributed by atoms with E-state index in [2.05, 4.69) is 0 Å². The Morgan fingerprint density at radius 2 is 1.50 bits per heavy atom. The van der Waals surface area contributed by atoms with Crippen LogP contribution in [0, 0.1) is 0 Å². The van der Waals surface area contributed by atoms with Crippen molar-refractivity contribution in [2.75, 3.05) is 14.1 Å². The zero-order valence-electron chi connectivity index (χ0n) is 3.71. The minimum absolute atomic E-state index is 1.12. The lowest BCUT2D eigenvalue weighted by Crippen LogP contribution is -2.06. The molecule has 0 aromatic carbocycles. The second-order valence-electron chi connectivity index (χ2n) is 1.09. The first-order valence-electron chi connectivity index (χ1n) is 1.46. The van der Waals surface area contributed by atoms with Crippen molar-refractivity contribution >= 4 is 10.9 Å². The van der Waals surface area contributed by atoms with E-state index < -0.39 is 10.9 Å². The van der Waals surface area contributed by atoms with Crippen LogP contribution < -0.4 is 0 Å². The third-order valence-corrected chi connectivity index (χ3v) is 0.980. The summed E-state index contributed by atoms with van der Waals surface area (Å²) in [4.78, 5) is 0. The molecule has 38 valence electrons. The summed E-state index contributed by atoms with van der Waals surface area (Å²) >= 11 is 0. The maximum atomic E-state index is 9.66. The molecule has 0 spiro atoms. The molecule has 0 saturated carbocycles. The highest BCUT2D eigenvalue weighted by Gasteiger charge is 1.81. The molecule has 6 heavy (non-hydrogen) atoms. The smallest absolute Gasteiger partial charge is 0.203 e. The zero-order chi connectivity index (χ0) is 5.15. The van der Waals surface area contributed by atoms with Crippen LogP contribution in [-0.2, 0) is 10.9 Å². The molecule has 0 saturated heterocycles. The molecule has 0 rings (SSSR count). The first-order chi connectivity index (χ1) is 2.64. The van der Waals surface area contributed by atoms with Crippen molar-refractivity contribution < 1.29 is 8.42 Å². The van der Waals surface area contributed by atoms with Gasteiger partial charge in [0.25, 0.3) is 0 Å². The van der Waals surface area contributed by atoms with Crippen LogP contribution in [0.3, 0.4) is 0 Å². The van der Waals surface area contributed by atoms with Gasteiger partial charge in [-0.05, 0) is 0 Å². The first kappa shape index (κ1) is 5.91. The van der Waals surface area contributed by atoms with Crippen LogP contribution in [0.2, 0.25) is 0 Å². The highest BCUT2D eigenvalue weighted by molar-refractivity contribution is 7.69. The molecule has 0 aromatic rings. The maximum absolute atomic E-state index is 9.66. The van der Waals surface area contributed by atoms with Gasteiger partial charge in [0.15, 0.2) is 0 Å². The summed E-state index contributed by atoms with van der Waals surface area (Å²) < 4.78 is 20.4. The van der Waals surface area contributed by atoms with Crippen LogP contribution in [0.4, 0.5) is 0 Å². The standard InChI is InChI=1S/C2H7NO2S/c1-3(2)6(4)5/h6H,1-2H3. The van der Waals surface area contributed by atoms with E-state index in [1.165, 1.54) is 14.1 Å². The fourth-order valence-corrected chi connectivity index (χ4v) is 0. The number of hydrogen-bond acceptors (Lipinski definition) is 2. The van der Waals surface area contributed by atoms with E-state index in [9.17, 15) is 8.42 Å². The summed E-state index contributed by atoms with van der Waals surface area (Å²) in [7, 11) is 0.630. The molecule has 0 unspecified atom stereocenters. The van der Waals surface area contributed by atoms with E-state index >= 15 is 0 Å². The molecule has 0 aromatic heterocycles. The Hall–Kier alpha value is -0.0900. The van der Waals surface area contributed by atoms with Gasteiger partial charge in [-0.1, -0.05) is 0 Å². The molecule has 0 fully saturated rings. The largest absolute Gasteiger partial charge is 0.215 e. The average Bonchev–Trinajstić information content (AvgIpc) is 1.36. The predicted octanol–water partition coefficient (Wildman–Crippen LogP) is -0.926. The van der Waals surface area contributed by atoms with Crippen molar-refractivity contribution in [2.24, 2.45) is 0 Å². The molecule has 3 nitrogen and oxygen atoms in total. The normalized spacial score (nSPS) is 10.7. The van der Waals surface area contributed by atoms with E-state index in [-0.39, 0.29) is 0 Å². The first-order valence-corrected chi connectivity index (χ1v) is 2.59. The van der Waals surface area contributed by atoms with Gasteiger partial charge in [0, 0.05) is 14.1 Å². The zero-order valence-corrected chi connectivity index (χ0v) is 4.61. The van der Waals surface area contributed by atoms with Gasteiger partial charge in [-0.3, -0.25) is 0 Å². The summed E-state index contributed by atoms with van der Waals surface area (Å²) in [5.74, 6) is 0. The van der Waals surface area contributed by atoms with Crippen LogP contribution in [-0.4, -0.2) is 26.8 Å². The Balaban J connectivity index is 3.57. The third kappa shape index (κ3) is 2.17. The Morgan fingerprint density at radius 3 is 1.50 bits per heavy atom. The van der Waals surface area contributed by atoms with Gasteiger partial charge in [-0.15, -0.1) is 0 Å². The summed E-state index contributed by atoms with van der Waals surface area (Å²) in [5, 5.41) is 0. The van der Waals surface area contributed by atoms with Gasteiger partial charge in [-0.25, -0.2) is 12.7 Å². The fourth-order valence-electron chi connectivity index (χ4n) is 0. The minimum Gasteiger partial charge on any atom is -0.215 e. The van der Waals surface area contributed by atoms with E-state index in [4.69, 9.17) is 0 Å². The summed E-state index contributed by atoms with van der Waals surface area (Å²) in [5.41, 5.74) is 0. The van der Waals surface area contributed by atoms with Crippen molar-refractivity contribution in [3.63, 3.8) is 0 Å². The van der Waals surface area contributed by atoms with Crippen LogP contribution in [0.25, 0.3) is 0 Å². The molecule has 0 atom stereocenters. The monoisotopic (exact) mass is 109 g/mol. The Labute approximate surface area is 38.7 Å². The lowest BCUT2D eigenvalue weighted by Gasteiger charge is -1.91. The van der Waals surface area contributed by atoms with Crippen LogP contribution in [0.1, 0.15) is 0 Å². The van der Waals surface area contributed by atoms with Gasteiger partial charge in [0.05, 0.1) is 0 Å². The van der Waals surface area contributed by atoms with Crippen molar-refractivity contribution in [2.45, 2.75) is 0 Å². The van der Waals surface area contributed by atoms with Crippen molar-refractivity contribution in [3.8, 4) is 0 Å². The van der Waals surface area contributed by atoms with Crippen LogP contribution >= 0.6 is 0 Å². The molecule has 0 aliphatic carbocycles.